The summed E-state index contributed by atoms with van der Waals surface area (Å²) in [6, 6.07) is 13.1. The molecule has 0 heterocycles. The van der Waals surface area contributed by atoms with Gasteiger partial charge in [0.15, 0.2) is 5.78 Å². The van der Waals surface area contributed by atoms with E-state index in [1.807, 2.05) is 6.92 Å². The van der Waals surface area contributed by atoms with Gasteiger partial charge in [-0.1, -0.05) is 19.1 Å². The molecule has 0 aromatic heterocycles. The molecule has 0 saturated heterocycles. The smallest absolute Gasteiger partial charge is 0.263 e. The summed E-state index contributed by atoms with van der Waals surface area (Å²) in [5.74, 6) is 0.0581. The van der Waals surface area contributed by atoms with E-state index < -0.39 is 10.0 Å². The van der Waals surface area contributed by atoms with Gasteiger partial charge in [-0.3, -0.25) is 9.52 Å². The third-order valence-corrected chi connectivity index (χ3v) is 5.46. The zero-order valence-electron chi connectivity index (χ0n) is 12.0. The van der Waals surface area contributed by atoms with Gasteiger partial charge < -0.3 is 0 Å². The van der Waals surface area contributed by atoms with Crippen LogP contribution in [0.15, 0.2) is 57.9 Å². The van der Waals surface area contributed by atoms with Crippen LogP contribution in [0.4, 0.5) is 5.69 Å². The highest BCUT2D eigenvalue weighted by molar-refractivity contribution is 9.10. The normalized spacial score (nSPS) is 11.2. The molecule has 0 bridgehead atoms. The summed E-state index contributed by atoms with van der Waals surface area (Å²) >= 11 is 3.23. The molecule has 6 heteroatoms. The Morgan fingerprint density at radius 2 is 1.73 bits per heavy atom. The Labute approximate surface area is 138 Å². The summed E-state index contributed by atoms with van der Waals surface area (Å²) in [6.07, 6.45) is 1.28. The van der Waals surface area contributed by atoms with Crippen molar-refractivity contribution >= 4 is 37.4 Å². The molecule has 1 N–H and O–H groups in total. The second-order valence-electron chi connectivity index (χ2n) is 4.79. The van der Waals surface area contributed by atoms with Crippen LogP contribution >= 0.6 is 15.9 Å². The number of halogens is 1. The number of carbonyl (C=O) groups is 1. The van der Waals surface area contributed by atoms with E-state index in [0.29, 0.717) is 22.1 Å². The molecule has 4 nitrogen and oxygen atoms in total. The molecule has 0 spiro atoms. The van der Waals surface area contributed by atoms with E-state index in [9.17, 15) is 13.2 Å². The van der Waals surface area contributed by atoms with Crippen molar-refractivity contribution in [3.8, 4) is 0 Å². The first-order valence-corrected chi connectivity index (χ1v) is 9.12. The maximum atomic E-state index is 12.3. The minimum absolute atomic E-state index is 0.0581. The minimum atomic E-state index is -3.67. The zero-order valence-corrected chi connectivity index (χ0v) is 14.4. The second kappa shape index (κ2) is 7.07. The number of sulfonamides is 1. The predicted octanol–water partition coefficient (Wildman–Crippen LogP) is 4.23. The van der Waals surface area contributed by atoms with Gasteiger partial charge >= 0.3 is 0 Å². The maximum absolute atomic E-state index is 12.3. The lowest BCUT2D eigenvalue weighted by atomic mass is 10.1. The number of anilines is 1. The van der Waals surface area contributed by atoms with Gasteiger partial charge in [-0.2, -0.15) is 0 Å². The molecule has 0 saturated carbocycles. The first-order chi connectivity index (χ1) is 10.4. The fourth-order valence-electron chi connectivity index (χ4n) is 1.97. The molecule has 0 aliphatic heterocycles. The highest BCUT2D eigenvalue weighted by Gasteiger charge is 2.17. The number of ketones is 1. The van der Waals surface area contributed by atoms with Crippen LogP contribution in [-0.4, -0.2) is 14.2 Å². The molecule has 0 fully saturated rings. The van der Waals surface area contributed by atoms with E-state index in [-0.39, 0.29) is 10.7 Å². The molecule has 0 unspecified atom stereocenters. The van der Waals surface area contributed by atoms with E-state index in [0.717, 1.165) is 6.42 Å². The first-order valence-electron chi connectivity index (χ1n) is 6.84. The summed E-state index contributed by atoms with van der Waals surface area (Å²) < 4.78 is 27.7. The van der Waals surface area contributed by atoms with Gasteiger partial charge in [0.2, 0.25) is 0 Å². The standard InChI is InChI=1S/C16H16BrNO3S/c1-2-5-15(19)12-8-10-13(11-9-12)18-22(20,21)16-7-4-3-6-14(16)17/h3-4,6-11,18H,2,5H2,1H3. The highest BCUT2D eigenvalue weighted by atomic mass is 79.9. The molecule has 0 radical (unpaired) electrons. The van der Waals surface area contributed by atoms with Crippen LogP contribution in [0.3, 0.4) is 0 Å². The number of Topliss-reactive ketones (excluding diaryl/α,β-unsaturated/α-hetero) is 1. The first kappa shape index (κ1) is 16.7. The molecule has 22 heavy (non-hydrogen) atoms. The Kier molecular flexibility index (Phi) is 5.37. The fourth-order valence-corrected chi connectivity index (χ4v) is 4.03. The molecule has 2 aromatic carbocycles. The van der Waals surface area contributed by atoms with Crippen molar-refractivity contribution in [1.82, 2.24) is 0 Å². The van der Waals surface area contributed by atoms with Gasteiger partial charge in [0.1, 0.15) is 4.90 Å². The highest BCUT2D eigenvalue weighted by Crippen LogP contribution is 2.24. The van der Waals surface area contributed by atoms with Crippen LogP contribution < -0.4 is 4.72 Å². The van der Waals surface area contributed by atoms with E-state index in [2.05, 4.69) is 20.7 Å². The van der Waals surface area contributed by atoms with Crippen LogP contribution in [0.2, 0.25) is 0 Å². The predicted molar refractivity (Wildman–Crippen MR) is 90.6 cm³/mol. The Hall–Kier alpha value is -1.66. The van der Waals surface area contributed by atoms with Crippen molar-refractivity contribution in [2.24, 2.45) is 0 Å². The number of hydrogen-bond acceptors (Lipinski definition) is 3. The molecular weight excluding hydrogens is 366 g/mol. The number of nitrogens with one attached hydrogen (secondary N) is 1. The van der Waals surface area contributed by atoms with E-state index in [4.69, 9.17) is 0 Å². The molecular formula is C16H16BrNO3S. The van der Waals surface area contributed by atoms with Crippen LogP contribution in [0.5, 0.6) is 0 Å². The SMILES string of the molecule is CCCC(=O)c1ccc(NS(=O)(=O)c2ccccc2Br)cc1. The zero-order chi connectivity index (χ0) is 16.2. The molecule has 2 aromatic rings. The Balaban J connectivity index is 2.20. The second-order valence-corrected chi connectivity index (χ2v) is 7.29. The Morgan fingerprint density at radius 3 is 2.32 bits per heavy atom. The van der Waals surface area contributed by atoms with Crippen molar-refractivity contribution in [3.05, 3.63) is 58.6 Å². The third-order valence-electron chi connectivity index (χ3n) is 3.06. The van der Waals surface area contributed by atoms with Crippen molar-refractivity contribution in [3.63, 3.8) is 0 Å². The molecule has 0 amide bonds. The number of hydrogen-bond donors (Lipinski definition) is 1. The topological polar surface area (TPSA) is 63.2 Å². The lowest BCUT2D eigenvalue weighted by Crippen LogP contribution is -2.13. The van der Waals surface area contributed by atoms with Crippen LogP contribution in [0.25, 0.3) is 0 Å². The van der Waals surface area contributed by atoms with Crippen molar-refractivity contribution < 1.29 is 13.2 Å². The van der Waals surface area contributed by atoms with Crippen molar-refractivity contribution in [1.29, 1.82) is 0 Å². The lowest BCUT2D eigenvalue weighted by molar-refractivity contribution is 0.0982. The summed E-state index contributed by atoms with van der Waals surface area (Å²) in [7, 11) is -3.67. The monoisotopic (exact) mass is 381 g/mol. The average molecular weight is 382 g/mol. The van der Waals surface area contributed by atoms with Crippen molar-refractivity contribution in [2.45, 2.75) is 24.7 Å². The van der Waals surface area contributed by atoms with Gasteiger partial charge in [-0.15, -0.1) is 0 Å². The van der Waals surface area contributed by atoms with Crippen LogP contribution in [-0.2, 0) is 10.0 Å². The largest absolute Gasteiger partial charge is 0.294 e. The molecule has 0 atom stereocenters. The van der Waals surface area contributed by atoms with Crippen molar-refractivity contribution in [2.75, 3.05) is 4.72 Å². The number of benzene rings is 2. The average Bonchev–Trinajstić information content (AvgIpc) is 2.48. The van der Waals surface area contributed by atoms with Crippen LogP contribution in [0.1, 0.15) is 30.1 Å². The molecule has 0 aliphatic rings. The van der Waals surface area contributed by atoms with Gasteiger partial charge in [0, 0.05) is 22.1 Å². The Morgan fingerprint density at radius 1 is 1.09 bits per heavy atom. The quantitative estimate of drug-likeness (QED) is 0.761. The summed E-state index contributed by atoms with van der Waals surface area (Å²) in [5, 5.41) is 0. The summed E-state index contributed by atoms with van der Waals surface area (Å²) in [6.45, 7) is 1.94. The minimum Gasteiger partial charge on any atom is -0.294 e. The van der Waals surface area contributed by atoms with E-state index >= 15 is 0 Å². The number of carbonyl (C=O) groups excluding carboxylic acids is 1. The molecule has 2 rings (SSSR count). The van der Waals surface area contributed by atoms with Gasteiger partial charge in [0.25, 0.3) is 10.0 Å². The lowest BCUT2D eigenvalue weighted by Gasteiger charge is -2.10. The van der Waals surface area contributed by atoms with E-state index in [1.165, 1.54) is 6.07 Å². The van der Waals surface area contributed by atoms with E-state index in [1.54, 1.807) is 42.5 Å². The Bertz CT molecular complexity index is 770. The van der Waals surface area contributed by atoms with Gasteiger partial charge in [0.05, 0.1) is 0 Å². The fraction of sp³-hybridized carbons (Fsp3) is 0.188. The van der Waals surface area contributed by atoms with Crippen LogP contribution in [0, 0.1) is 0 Å². The molecule has 0 aliphatic carbocycles. The summed E-state index contributed by atoms with van der Waals surface area (Å²) in [4.78, 5) is 11.9. The van der Waals surface area contributed by atoms with Gasteiger partial charge in [-0.05, 0) is 58.7 Å². The third kappa shape index (κ3) is 3.96. The maximum Gasteiger partial charge on any atom is 0.263 e. The van der Waals surface area contributed by atoms with Gasteiger partial charge in [-0.25, -0.2) is 8.42 Å². The molecule has 116 valence electrons. The summed E-state index contributed by atoms with van der Waals surface area (Å²) in [5.41, 5.74) is 1.01. The number of rotatable bonds is 6.